The number of amides is 1. The van der Waals surface area contributed by atoms with Crippen molar-refractivity contribution in [1.29, 1.82) is 0 Å². The molecule has 0 atom stereocenters. The van der Waals surface area contributed by atoms with E-state index in [1.165, 1.54) is 30.6 Å². The number of nitrogens with one attached hydrogen (secondary N) is 1. The van der Waals surface area contributed by atoms with Gasteiger partial charge in [-0.2, -0.15) is 4.31 Å². The number of thiazole rings is 1. The predicted octanol–water partition coefficient (Wildman–Crippen LogP) is 6.53. The van der Waals surface area contributed by atoms with Gasteiger partial charge in [0, 0.05) is 19.0 Å². The molecule has 1 aliphatic carbocycles. The van der Waals surface area contributed by atoms with E-state index in [0.29, 0.717) is 23.7 Å². The highest BCUT2D eigenvalue weighted by Crippen LogP contribution is 2.34. The van der Waals surface area contributed by atoms with Crippen molar-refractivity contribution < 1.29 is 13.2 Å². The summed E-state index contributed by atoms with van der Waals surface area (Å²) in [6, 6.07) is 5.08. The lowest BCUT2D eigenvalue weighted by atomic mass is 9.79. The van der Waals surface area contributed by atoms with E-state index in [2.05, 4.69) is 17.2 Å². The molecule has 2 aromatic rings. The Hall–Kier alpha value is -1.51. The van der Waals surface area contributed by atoms with Crippen molar-refractivity contribution in [2.24, 2.45) is 23.7 Å². The second-order valence-corrected chi connectivity index (χ2v) is 13.6. The summed E-state index contributed by atoms with van der Waals surface area (Å²) < 4.78 is 29.1. The van der Waals surface area contributed by atoms with Crippen LogP contribution >= 0.6 is 11.3 Å². The number of hydrogen-bond acceptors (Lipinski definition) is 5. The fraction of sp³-hybridized carbons (Fsp3) is 0.692. The Labute approximate surface area is 209 Å². The van der Waals surface area contributed by atoms with Crippen LogP contribution in [0.1, 0.15) is 79.6 Å². The van der Waals surface area contributed by atoms with E-state index < -0.39 is 10.0 Å². The molecule has 1 N–H and O–H groups in total. The standard InChI is InChI=1S/C26H41N3O3S2/c1-6-7-8-20-9-11-21(12-10-20)25(30)28-26-27-23-14-13-22(15-24(23)33-26)34(31,32)29(16-18(2)3)17-19(4)5/h13-15,18-21H,6-12,16-17H2,1-5H3,(H,27,28,30). The van der Waals surface area contributed by atoms with Crippen LogP contribution in [0.15, 0.2) is 23.1 Å². The predicted molar refractivity (Wildman–Crippen MR) is 142 cm³/mol. The molecule has 1 aromatic carbocycles. The molecule has 6 nitrogen and oxygen atoms in total. The van der Waals surface area contributed by atoms with Gasteiger partial charge in [-0.25, -0.2) is 13.4 Å². The van der Waals surface area contributed by atoms with Crippen molar-refractivity contribution in [3.63, 3.8) is 0 Å². The second-order valence-electron chi connectivity index (χ2n) is 10.6. The number of hydrogen-bond donors (Lipinski definition) is 1. The maximum absolute atomic E-state index is 13.4. The first kappa shape index (κ1) is 27.1. The molecule has 1 aliphatic rings. The number of carbonyl (C=O) groups is 1. The van der Waals surface area contributed by atoms with Gasteiger partial charge in [-0.1, -0.05) is 65.2 Å². The zero-order chi connectivity index (χ0) is 24.9. The SMILES string of the molecule is CCCCC1CCC(C(=O)Nc2nc3ccc(S(=O)(=O)N(CC(C)C)CC(C)C)cc3s2)CC1. The summed E-state index contributed by atoms with van der Waals surface area (Å²) in [6.45, 7) is 11.3. The van der Waals surface area contributed by atoms with Crippen LogP contribution in [-0.4, -0.2) is 36.7 Å². The molecule has 0 bridgehead atoms. The Morgan fingerprint density at radius 3 is 2.35 bits per heavy atom. The Bertz CT molecular complexity index is 1040. The van der Waals surface area contributed by atoms with Gasteiger partial charge in [0.2, 0.25) is 15.9 Å². The molecule has 190 valence electrons. The van der Waals surface area contributed by atoms with Crippen molar-refractivity contribution in [3.8, 4) is 0 Å². The highest BCUT2D eigenvalue weighted by molar-refractivity contribution is 7.89. The van der Waals surface area contributed by atoms with Crippen LogP contribution in [0.5, 0.6) is 0 Å². The summed E-state index contributed by atoms with van der Waals surface area (Å²) in [6.07, 6.45) is 7.92. The van der Waals surface area contributed by atoms with E-state index in [0.717, 1.165) is 36.3 Å². The van der Waals surface area contributed by atoms with Crippen molar-refractivity contribution in [2.75, 3.05) is 18.4 Å². The average molecular weight is 508 g/mol. The lowest BCUT2D eigenvalue weighted by Gasteiger charge is -2.27. The number of rotatable bonds is 11. The fourth-order valence-corrected chi connectivity index (χ4v) is 7.54. The molecule has 0 aliphatic heterocycles. The minimum Gasteiger partial charge on any atom is -0.302 e. The van der Waals surface area contributed by atoms with E-state index in [1.54, 1.807) is 22.5 Å². The first-order chi connectivity index (χ1) is 16.1. The van der Waals surface area contributed by atoms with Gasteiger partial charge >= 0.3 is 0 Å². The highest BCUT2D eigenvalue weighted by Gasteiger charge is 2.28. The van der Waals surface area contributed by atoms with Crippen LogP contribution in [0.4, 0.5) is 5.13 Å². The Balaban J connectivity index is 1.70. The molecule has 0 radical (unpaired) electrons. The van der Waals surface area contributed by atoms with Gasteiger partial charge in [0.25, 0.3) is 0 Å². The van der Waals surface area contributed by atoms with Gasteiger partial charge in [0.05, 0.1) is 15.1 Å². The molecule has 34 heavy (non-hydrogen) atoms. The summed E-state index contributed by atoms with van der Waals surface area (Å²) in [5, 5.41) is 3.55. The van der Waals surface area contributed by atoms with Gasteiger partial charge < -0.3 is 5.32 Å². The molecule has 0 unspecified atom stereocenters. The first-order valence-electron chi connectivity index (χ1n) is 12.8. The first-order valence-corrected chi connectivity index (χ1v) is 15.1. The minimum atomic E-state index is -3.60. The Kier molecular flexibility index (Phi) is 9.52. The smallest absolute Gasteiger partial charge is 0.243 e. The fourth-order valence-electron chi connectivity index (χ4n) is 4.77. The van der Waals surface area contributed by atoms with Crippen LogP contribution in [-0.2, 0) is 14.8 Å². The maximum atomic E-state index is 13.4. The average Bonchev–Trinajstić information content (AvgIpc) is 3.18. The molecule has 3 rings (SSSR count). The van der Waals surface area contributed by atoms with E-state index in [9.17, 15) is 13.2 Å². The molecule has 0 spiro atoms. The van der Waals surface area contributed by atoms with Crippen molar-refractivity contribution in [2.45, 2.75) is 84.5 Å². The molecular weight excluding hydrogens is 466 g/mol. The largest absolute Gasteiger partial charge is 0.302 e. The van der Waals surface area contributed by atoms with Gasteiger partial charge in [-0.05, 0) is 61.6 Å². The van der Waals surface area contributed by atoms with E-state index >= 15 is 0 Å². The minimum absolute atomic E-state index is 0.0425. The topological polar surface area (TPSA) is 79.4 Å². The molecule has 0 saturated heterocycles. The quantitative estimate of drug-likeness (QED) is 0.375. The van der Waals surface area contributed by atoms with E-state index in [1.807, 2.05) is 27.7 Å². The van der Waals surface area contributed by atoms with E-state index in [-0.39, 0.29) is 28.6 Å². The van der Waals surface area contributed by atoms with Gasteiger partial charge in [0.15, 0.2) is 5.13 Å². The number of unbranched alkanes of at least 4 members (excludes halogenated alkanes) is 1. The molecule has 1 heterocycles. The molecule has 1 aromatic heterocycles. The van der Waals surface area contributed by atoms with Crippen molar-refractivity contribution in [3.05, 3.63) is 18.2 Å². The van der Waals surface area contributed by atoms with Crippen LogP contribution < -0.4 is 5.32 Å². The normalized spacial score (nSPS) is 19.4. The number of carbonyl (C=O) groups excluding carboxylic acids is 1. The number of aromatic nitrogens is 1. The third kappa shape index (κ3) is 7.01. The van der Waals surface area contributed by atoms with Crippen molar-refractivity contribution >= 4 is 42.6 Å². The number of benzene rings is 1. The van der Waals surface area contributed by atoms with Crippen LogP contribution in [0.25, 0.3) is 10.2 Å². The number of fused-ring (bicyclic) bond motifs is 1. The third-order valence-electron chi connectivity index (χ3n) is 6.55. The van der Waals surface area contributed by atoms with Gasteiger partial charge in [0.1, 0.15) is 0 Å². The van der Waals surface area contributed by atoms with Gasteiger partial charge in [-0.3, -0.25) is 4.79 Å². The molecule has 1 saturated carbocycles. The summed E-state index contributed by atoms with van der Waals surface area (Å²) in [7, 11) is -3.60. The lowest BCUT2D eigenvalue weighted by molar-refractivity contribution is -0.121. The Morgan fingerprint density at radius 2 is 1.76 bits per heavy atom. The molecule has 1 fully saturated rings. The summed E-state index contributed by atoms with van der Waals surface area (Å²) in [4.78, 5) is 17.7. The number of sulfonamides is 1. The third-order valence-corrected chi connectivity index (χ3v) is 9.31. The van der Waals surface area contributed by atoms with Crippen LogP contribution in [0.3, 0.4) is 0 Å². The number of anilines is 1. The van der Waals surface area contributed by atoms with Gasteiger partial charge in [-0.15, -0.1) is 0 Å². The number of nitrogens with zero attached hydrogens (tertiary/aromatic N) is 2. The highest BCUT2D eigenvalue weighted by atomic mass is 32.2. The maximum Gasteiger partial charge on any atom is 0.243 e. The summed E-state index contributed by atoms with van der Waals surface area (Å²) in [5.41, 5.74) is 0.710. The molecular formula is C26H41N3O3S2. The van der Waals surface area contributed by atoms with Crippen LogP contribution in [0, 0.1) is 23.7 Å². The zero-order valence-corrected chi connectivity index (χ0v) is 23.0. The zero-order valence-electron chi connectivity index (χ0n) is 21.3. The summed E-state index contributed by atoms with van der Waals surface area (Å²) in [5.74, 6) is 1.33. The monoisotopic (exact) mass is 507 g/mol. The van der Waals surface area contributed by atoms with E-state index in [4.69, 9.17) is 0 Å². The second kappa shape index (κ2) is 12.0. The molecule has 1 amide bonds. The van der Waals surface area contributed by atoms with Crippen molar-refractivity contribution in [1.82, 2.24) is 9.29 Å². The Morgan fingerprint density at radius 1 is 1.12 bits per heavy atom. The summed E-state index contributed by atoms with van der Waals surface area (Å²) >= 11 is 1.35. The molecule has 8 heteroatoms. The lowest BCUT2D eigenvalue weighted by Crippen LogP contribution is -2.37. The van der Waals surface area contributed by atoms with Crippen LogP contribution in [0.2, 0.25) is 0 Å².